The highest BCUT2D eigenvalue weighted by molar-refractivity contribution is 5.85. The molecule has 1 aliphatic heterocycles. The van der Waals surface area contributed by atoms with Crippen molar-refractivity contribution in [1.82, 2.24) is 20.1 Å². The third kappa shape index (κ3) is 4.49. The van der Waals surface area contributed by atoms with Crippen LogP contribution in [0.2, 0.25) is 0 Å². The van der Waals surface area contributed by atoms with E-state index in [0.717, 1.165) is 24.0 Å². The maximum atomic E-state index is 12.1. The number of hydrogen-bond donors (Lipinski definition) is 2. The highest BCUT2D eigenvalue weighted by atomic mass is 16.2. The highest BCUT2D eigenvalue weighted by Gasteiger charge is 2.19. The van der Waals surface area contributed by atoms with E-state index < -0.39 is 0 Å². The number of aryl methyl sites for hydroxylation is 1. The topological polar surface area (TPSA) is 85.5 Å². The van der Waals surface area contributed by atoms with E-state index in [9.17, 15) is 14.4 Å². The average Bonchev–Trinajstić information content (AvgIpc) is 2.65. The molecule has 1 aromatic carbocycles. The first-order chi connectivity index (χ1) is 12.5. The minimum absolute atomic E-state index is 0.0105. The van der Waals surface area contributed by atoms with Crippen LogP contribution in [0.25, 0.3) is 10.9 Å². The number of nitrogens with one attached hydrogen (secondary N) is 2. The van der Waals surface area contributed by atoms with Crippen LogP contribution in [0.4, 0.5) is 0 Å². The first-order valence-corrected chi connectivity index (χ1v) is 8.87. The molecule has 2 aromatic rings. The van der Waals surface area contributed by atoms with Gasteiger partial charge in [-0.1, -0.05) is 18.2 Å². The van der Waals surface area contributed by atoms with E-state index in [4.69, 9.17) is 0 Å². The van der Waals surface area contributed by atoms with Gasteiger partial charge in [-0.2, -0.15) is 0 Å². The lowest BCUT2D eigenvalue weighted by Gasteiger charge is -2.32. The number of aromatic amines is 1. The van der Waals surface area contributed by atoms with E-state index in [1.54, 1.807) is 4.90 Å². The minimum atomic E-state index is -0.222. The molecular weight excluding hydrogens is 332 g/mol. The first kappa shape index (κ1) is 18.1. The fraction of sp³-hybridized carbons (Fsp3) is 0.421. The number of H-pyrrole nitrogens is 1. The molecule has 138 valence electrons. The van der Waals surface area contributed by atoms with Gasteiger partial charge in [0, 0.05) is 43.7 Å². The number of para-hydroxylation sites is 1. The van der Waals surface area contributed by atoms with Gasteiger partial charge in [0.25, 0.3) is 5.56 Å². The highest BCUT2D eigenvalue weighted by Crippen LogP contribution is 2.11. The van der Waals surface area contributed by atoms with Gasteiger partial charge in [-0.3, -0.25) is 14.4 Å². The van der Waals surface area contributed by atoms with Gasteiger partial charge in [-0.25, -0.2) is 0 Å². The number of fused-ring (bicyclic) bond motifs is 1. The van der Waals surface area contributed by atoms with Gasteiger partial charge in [0.15, 0.2) is 0 Å². The molecule has 2 heterocycles. The standard InChI is InChI=1S/C19H24N4O3/c1-22-8-10-23(11-9-22)18(25)13-20-17(24)7-6-15-12-14-4-2-3-5-16(14)21-19(15)26/h2-5,12H,6-11,13H2,1H3,(H,20,24)(H,21,26). The lowest BCUT2D eigenvalue weighted by Crippen LogP contribution is -2.50. The summed E-state index contributed by atoms with van der Waals surface area (Å²) in [4.78, 5) is 43.0. The Balaban J connectivity index is 1.49. The van der Waals surface area contributed by atoms with Crippen molar-refractivity contribution in [2.75, 3.05) is 39.8 Å². The van der Waals surface area contributed by atoms with Gasteiger partial charge in [0.05, 0.1) is 6.54 Å². The molecule has 7 heteroatoms. The quantitative estimate of drug-likeness (QED) is 0.810. The molecule has 26 heavy (non-hydrogen) atoms. The number of pyridine rings is 1. The lowest BCUT2D eigenvalue weighted by molar-refractivity contribution is -0.134. The zero-order valence-electron chi connectivity index (χ0n) is 15.0. The summed E-state index contributed by atoms with van der Waals surface area (Å²) in [5.74, 6) is -0.282. The van der Waals surface area contributed by atoms with Crippen LogP contribution in [-0.4, -0.2) is 66.4 Å². The number of nitrogens with zero attached hydrogens (tertiary/aromatic N) is 2. The van der Waals surface area contributed by atoms with E-state index in [2.05, 4.69) is 15.2 Å². The molecule has 0 saturated carbocycles. The van der Waals surface area contributed by atoms with E-state index in [0.29, 0.717) is 25.1 Å². The molecule has 3 rings (SSSR count). The van der Waals surface area contributed by atoms with Crippen LogP contribution >= 0.6 is 0 Å². The molecule has 7 nitrogen and oxygen atoms in total. The number of aromatic nitrogens is 1. The smallest absolute Gasteiger partial charge is 0.251 e. The van der Waals surface area contributed by atoms with Crippen LogP contribution in [0.5, 0.6) is 0 Å². The summed E-state index contributed by atoms with van der Waals surface area (Å²) in [6, 6.07) is 9.35. The second kappa shape index (κ2) is 8.14. The van der Waals surface area contributed by atoms with E-state index in [-0.39, 0.29) is 30.3 Å². The van der Waals surface area contributed by atoms with Gasteiger partial charge < -0.3 is 20.1 Å². The van der Waals surface area contributed by atoms with Crippen molar-refractivity contribution in [2.45, 2.75) is 12.8 Å². The number of benzene rings is 1. The van der Waals surface area contributed by atoms with Gasteiger partial charge in [-0.05, 0) is 31.0 Å². The largest absolute Gasteiger partial charge is 0.347 e. The molecule has 0 radical (unpaired) electrons. The number of amides is 2. The van der Waals surface area contributed by atoms with Crippen LogP contribution in [-0.2, 0) is 16.0 Å². The maximum Gasteiger partial charge on any atom is 0.251 e. The minimum Gasteiger partial charge on any atom is -0.347 e. The molecule has 1 fully saturated rings. The van der Waals surface area contributed by atoms with Crippen molar-refractivity contribution in [3.8, 4) is 0 Å². The number of hydrogen-bond acceptors (Lipinski definition) is 4. The van der Waals surface area contributed by atoms with Crippen LogP contribution in [0.1, 0.15) is 12.0 Å². The summed E-state index contributed by atoms with van der Waals surface area (Å²) < 4.78 is 0. The Bertz CT molecular complexity index is 853. The number of rotatable bonds is 5. The zero-order chi connectivity index (χ0) is 18.5. The third-order valence-electron chi connectivity index (χ3n) is 4.74. The monoisotopic (exact) mass is 356 g/mol. The molecule has 1 aromatic heterocycles. The van der Waals surface area contributed by atoms with Gasteiger partial charge >= 0.3 is 0 Å². The number of likely N-dealkylation sites (N-methyl/N-ethyl adjacent to an activating group) is 1. The Hall–Kier alpha value is -2.67. The van der Waals surface area contributed by atoms with Crippen LogP contribution in [0.15, 0.2) is 35.1 Å². The molecule has 0 spiro atoms. The number of carbonyl (C=O) groups excluding carboxylic acids is 2. The summed E-state index contributed by atoms with van der Waals surface area (Å²) in [6.45, 7) is 3.10. The third-order valence-corrected chi connectivity index (χ3v) is 4.74. The molecule has 0 bridgehead atoms. The summed E-state index contributed by atoms with van der Waals surface area (Å²) >= 11 is 0. The van der Waals surface area contributed by atoms with E-state index in [1.807, 2.05) is 37.4 Å². The number of piperazine rings is 1. The fourth-order valence-electron chi connectivity index (χ4n) is 3.06. The van der Waals surface area contributed by atoms with Gasteiger partial charge in [0.1, 0.15) is 0 Å². The molecule has 0 atom stereocenters. The second-order valence-corrected chi connectivity index (χ2v) is 6.67. The SMILES string of the molecule is CN1CCN(C(=O)CNC(=O)CCc2cc3ccccc3[nH]c2=O)CC1. The summed E-state index contributed by atoms with van der Waals surface area (Å²) in [5.41, 5.74) is 1.18. The summed E-state index contributed by atoms with van der Waals surface area (Å²) in [5, 5.41) is 3.60. The Morgan fingerprint density at radius 1 is 1.15 bits per heavy atom. The first-order valence-electron chi connectivity index (χ1n) is 8.87. The molecule has 2 N–H and O–H groups in total. The molecule has 2 amide bonds. The van der Waals surface area contributed by atoms with Crippen molar-refractivity contribution in [3.63, 3.8) is 0 Å². The van der Waals surface area contributed by atoms with Gasteiger partial charge in [0.2, 0.25) is 11.8 Å². The van der Waals surface area contributed by atoms with Crippen LogP contribution in [0, 0.1) is 0 Å². The van der Waals surface area contributed by atoms with Crippen LogP contribution in [0.3, 0.4) is 0 Å². The maximum absolute atomic E-state index is 12.1. The Morgan fingerprint density at radius 3 is 2.65 bits per heavy atom. The summed E-state index contributed by atoms with van der Waals surface area (Å²) in [7, 11) is 2.03. The molecule has 1 saturated heterocycles. The fourth-order valence-corrected chi connectivity index (χ4v) is 3.06. The molecular formula is C19H24N4O3. The van der Waals surface area contributed by atoms with Crippen molar-refractivity contribution in [3.05, 3.63) is 46.2 Å². The molecule has 1 aliphatic rings. The Kier molecular flexibility index (Phi) is 5.68. The van der Waals surface area contributed by atoms with Crippen molar-refractivity contribution in [1.29, 1.82) is 0 Å². The van der Waals surface area contributed by atoms with E-state index >= 15 is 0 Å². The Morgan fingerprint density at radius 2 is 1.88 bits per heavy atom. The van der Waals surface area contributed by atoms with E-state index in [1.165, 1.54) is 0 Å². The molecule has 0 unspecified atom stereocenters. The van der Waals surface area contributed by atoms with Crippen molar-refractivity contribution in [2.24, 2.45) is 0 Å². The predicted molar refractivity (Wildman–Crippen MR) is 100.0 cm³/mol. The summed E-state index contributed by atoms with van der Waals surface area (Å²) in [6.07, 6.45) is 0.520. The average molecular weight is 356 g/mol. The molecule has 0 aliphatic carbocycles. The normalized spacial score (nSPS) is 15.2. The Labute approximate surface area is 152 Å². The zero-order valence-corrected chi connectivity index (χ0v) is 15.0. The second-order valence-electron chi connectivity index (χ2n) is 6.67. The van der Waals surface area contributed by atoms with Gasteiger partial charge in [-0.15, -0.1) is 0 Å². The van der Waals surface area contributed by atoms with Crippen molar-refractivity contribution < 1.29 is 9.59 Å². The lowest BCUT2D eigenvalue weighted by atomic mass is 10.1. The van der Waals surface area contributed by atoms with Crippen LogP contribution < -0.4 is 10.9 Å². The number of carbonyl (C=O) groups is 2. The predicted octanol–water partition coefficient (Wildman–Crippen LogP) is 0.351. The van der Waals surface area contributed by atoms with Crippen molar-refractivity contribution >= 4 is 22.7 Å².